The lowest BCUT2D eigenvalue weighted by atomic mass is 10.3. The fourth-order valence-corrected chi connectivity index (χ4v) is 1.61. The lowest BCUT2D eigenvalue weighted by Crippen LogP contribution is -1.82. The van der Waals surface area contributed by atoms with Crippen molar-refractivity contribution in [2.24, 2.45) is 0 Å². The Morgan fingerprint density at radius 1 is 1.46 bits per heavy atom. The van der Waals surface area contributed by atoms with E-state index in [4.69, 9.17) is 0 Å². The Hall–Kier alpha value is -1.29. The minimum absolute atomic E-state index is 0.787. The van der Waals surface area contributed by atoms with E-state index in [1.807, 2.05) is 12.1 Å². The van der Waals surface area contributed by atoms with Crippen LogP contribution in [0, 0.1) is 0 Å². The molecule has 2 aromatic rings. The number of hydrogen-bond donors (Lipinski definition) is 0. The molecule has 0 bridgehead atoms. The maximum absolute atomic E-state index is 4.37. The van der Waals surface area contributed by atoms with E-state index < -0.39 is 0 Å². The molecule has 0 aliphatic heterocycles. The monoisotopic (exact) mass is 191 g/mol. The van der Waals surface area contributed by atoms with E-state index in [2.05, 4.69) is 21.3 Å². The van der Waals surface area contributed by atoms with Crippen molar-refractivity contribution in [1.82, 2.24) is 14.3 Å². The van der Waals surface area contributed by atoms with E-state index in [1.165, 1.54) is 11.5 Å². The summed E-state index contributed by atoms with van der Waals surface area (Å²) in [5, 5.41) is 1.07. The van der Waals surface area contributed by atoms with Crippen LogP contribution in [-0.4, -0.2) is 14.3 Å². The molecule has 0 saturated heterocycles. The average Bonchev–Trinajstić information content (AvgIpc) is 2.67. The molecule has 0 saturated carbocycles. The third-order valence-corrected chi connectivity index (χ3v) is 2.55. The zero-order valence-corrected chi connectivity index (χ0v) is 8.08. The van der Waals surface area contributed by atoms with Gasteiger partial charge in [-0.1, -0.05) is 6.92 Å². The highest BCUT2D eigenvalue weighted by molar-refractivity contribution is 7.05. The normalized spacial score (nSPS) is 10.2. The average molecular weight is 191 g/mol. The Morgan fingerprint density at radius 3 is 3.00 bits per heavy atom. The fourth-order valence-electron chi connectivity index (χ4n) is 1.01. The number of hydrogen-bond acceptors (Lipinski definition) is 4. The molecule has 0 spiro atoms. The third kappa shape index (κ3) is 1.72. The van der Waals surface area contributed by atoms with Gasteiger partial charge < -0.3 is 0 Å². The predicted molar refractivity (Wildman–Crippen MR) is 52.5 cm³/mol. The summed E-state index contributed by atoms with van der Waals surface area (Å²) in [7, 11) is 0. The molecule has 2 rings (SSSR count). The number of pyridine rings is 1. The Morgan fingerprint density at radius 2 is 2.38 bits per heavy atom. The van der Waals surface area contributed by atoms with Crippen LogP contribution in [0.25, 0.3) is 11.4 Å². The molecule has 13 heavy (non-hydrogen) atoms. The lowest BCUT2D eigenvalue weighted by Gasteiger charge is -1.90. The highest BCUT2D eigenvalue weighted by atomic mass is 32.1. The van der Waals surface area contributed by atoms with Crippen LogP contribution in [0.15, 0.2) is 24.5 Å². The van der Waals surface area contributed by atoms with Gasteiger partial charge in [0.15, 0.2) is 5.82 Å². The molecule has 0 N–H and O–H groups in total. The molecule has 0 fully saturated rings. The molecule has 2 aromatic heterocycles. The highest BCUT2D eigenvalue weighted by Gasteiger charge is 2.03. The van der Waals surface area contributed by atoms with Gasteiger partial charge in [-0.2, -0.15) is 4.37 Å². The zero-order chi connectivity index (χ0) is 9.10. The molecule has 0 radical (unpaired) electrons. The summed E-state index contributed by atoms with van der Waals surface area (Å²) >= 11 is 1.46. The molecule has 0 amide bonds. The van der Waals surface area contributed by atoms with Gasteiger partial charge in [-0.25, -0.2) is 4.98 Å². The summed E-state index contributed by atoms with van der Waals surface area (Å²) in [5.41, 5.74) is 0.985. The molecule has 0 aliphatic rings. The van der Waals surface area contributed by atoms with Gasteiger partial charge in [-0.3, -0.25) is 4.98 Å². The highest BCUT2D eigenvalue weighted by Crippen LogP contribution is 2.16. The summed E-state index contributed by atoms with van der Waals surface area (Å²) < 4.78 is 4.25. The van der Waals surface area contributed by atoms with Crippen LogP contribution in [0.1, 0.15) is 11.9 Å². The molecule has 0 aliphatic carbocycles. The van der Waals surface area contributed by atoms with Crippen LogP contribution < -0.4 is 0 Å². The van der Waals surface area contributed by atoms with Crippen LogP contribution in [0.2, 0.25) is 0 Å². The van der Waals surface area contributed by atoms with Crippen molar-refractivity contribution in [2.45, 2.75) is 13.3 Å². The fraction of sp³-hybridized carbons (Fsp3) is 0.222. The van der Waals surface area contributed by atoms with Gasteiger partial charge in [0.2, 0.25) is 0 Å². The second-order valence-corrected chi connectivity index (χ2v) is 3.44. The third-order valence-electron chi connectivity index (χ3n) is 1.69. The van der Waals surface area contributed by atoms with Crippen molar-refractivity contribution in [3.63, 3.8) is 0 Å². The second-order valence-electron chi connectivity index (χ2n) is 2.61. The molecule has 0 aromatic carbocycles. The van der Waals surface area contributed by atoms with Crippen molar-refractivity contribution in [3.8, 4) is 11.4 Å². The minimum atomic E-state index is 0.787. The first kappa shape index (κ1) is 8.31. The number of aromatic nitrogens is 3. The van der Waals surface area contributed by atoms with Gasteiger partial charge in [-0.05, 0) is 30.1 Å². The van der Waals surface area contributed by atoms with Gasteiger partial charge in [0.25, 0.3) is 0 Å². The Bertz CT molecular complexity index is 383. The van der Waals surface area contributed by atoms with Crippen LogP contribution in [-0.2, 0) is 6.42 Å². The van der Waals surface area contributed by atoms with Gasteiger partial charge in [0.1, 0.15) is 5.01 Å². The molecule has 0 unspecified atom stereocenters. The molecule has 3 nitrogen and oxygen atoms in total. The SMILES string of the molecule is CCc1nc(-c2cccnc2)ns1. The summed E-state index contributed by atoms with van der Waals surface area (Å²) in [6, 6.07) is 3.86. The summed E-state index contributed by atoms with van der Waals surface area (Å²) in [6.45, 7) is 2.08. The van der Waals surface area contributed by atoms with Crippen LogP contribution in [0.5, 0.6) is 0 Å². The summed E-state index contributed by atoms with van der Waals surface area (Å²) in [4.78, 5) is 8.39. The van der Waals surface area contributed by atoms with E-state index in [1.54, 1.807) is 12.4 Å². The van der Waals surface area contributed by atoms with Crippen molar-refractivity contribution < 1.29 is 0 Å². The minimum Gasteiger partial charge on any atom is -0.264 e. The summed E-state index contributed by atoms with van der Waals surface area (Å²) in [5.74, 6) is 0.787. The lowest BCUT2D eigenvalue weighted by molar-refractivity contribution is 1.09. The molecular weight excluding hydrogens is 182 g/mol. The van der Waals surface area contributed by atoms with Crippen molar-refractivity contribution >= 4 is 11.5 Å². The smallest absolute Gasteiger partial charge is 0.174 e. The van der Waals surface area contributed by atoms with E-state index in [9.17, 15) is 0 Å². The van der Waals surface area contributed by atoms with Gasteiger partial charge in [0, 0.05) is 18.0 Å². The topological polar surface area (TPSA) is 38.7 Å². The van der Waals surface area contributed by atoms with Crippen molar-refractivity contribution in [3.05, 3.63) is 29.5 Å². The summed E-state index contributed by atoms with van der Waals surface area (Å²) in [6.07, 6.45) is 4.47. The van der Waals surface area contributed by atoms with Crippen LogP contribution >= 0.6 is 11.5 Å². The van der Waals surface area contributed by atoms with Gasteiger partial charge in [-0.15, -0.1) is 0 Å². The first-order valence-electron chi connectivity index (χ1n) is 4.13. The maximum Gasteiger partial charge on any atom is 0.174 e. The molecular formula is C9H9N3S. The van der Waals surface area contributed by atoms with E-state index in [-0.39, 0.29) is 0 Å². The largest absolute Gasteiger partial charge is 0.264 e. The van der Waals surface area contributed by atoms with E-state index in [0.29, 0.717) is 0 Å². The van der Waals surface area contributed by atoms with E-state index in [0.717, 1.165) is 22.8 Å². The first-order valence-corrected chi connectivity index (χ1v) is 4.90. The predicted octanol–water partition coefficient (Wildman–Crippen LogP) is 2.16. The zero-order valence-electron chi connectivity index (χ0n) is 7.27. The quantitative estimate of drug-likeness (QED) is 0.730. The second kappa shape index (κ2) is 3.62. The number of aryl methyl sites for hydroxylation is 1. The Labute approximate surface area is 80.7 Å². The maximum atomic E-state index is 4.37. The number of nitrogens with zero attached hydrogens (tertiary/aromatic N) is 3. The van der Waals surface area contributed by atoms with Crippen molar-refractivity contribution in [1.29, 1.82) is 0 Å². The molecule has 2 heterocycles. The molecule has 66 valence electrons. The molecule has 4 heteroatoms. The Kier molecular flexibility index (Phi) is 2.31. The standard InChI is InChI=1S/C9H9N3S/c1-2-8-11-9(12-13-8)7-4-3-5-10-6-7/h3-6H,2H2,1H3. The van der Waals surface area contributed by atoms with Crippen LogP contribution in [0.3, 0.4) is 0 Å². The number of rotatable bonds is 2. The van der Waals surface area contributed by atoms with Crippen LogP contribution in [0.4, 0.5) is 0 Å². The van der Waals surface area contributed by atoms with Gasteiger partial charge >= 0.3 is 0 Å². The molecule has 0 atom stereocenters. The Balaban J connectivity index is 2.36. The first-order chi connectivity index (χ1) is 6.40. The van der Waals surface area contributed by atoms with E-state index >= 15 is 0 Å². The van der Waals surface area contributed by atoms with Gasteiger partial charge in [0.05, 0.1) is 0 Å². The van der Waals surface area contributed by atoms with Crippen molar-refractivity contribution in [2.75, 3.05) is 0 Å².